The molecule has 5 nitrogen and oxygen atoms in total. The Morgan fingerprint density at radius 2 is 1.73 bits per heavy atom. The van der Waals surface area contributed by atoms with E-state index >= 15 is 0 Å². The van der Waals surface area contributed by atoms with E-state index in [2.05, 4.69) is 0 Å². The minimum absolute atomic E-state index is 0.0901. The summed E-state index contributed by atoms with van der Waals surface area (Å²) in [6, 6.07) is 9.00. The number of hydrogen-bond acceptors (Lipinski definition) is 5. The van der Waals surface area contributed by atoms with Crippen molar-refractivity contribution in [1.82, 2.24) is 0 Å². The lowest BCUT2D eigenvalue weighted by molar-refractivity contribution is 0.102. The third-order valence-electron chi connectivity index (χ3n) is 3.27. The first kappa shape index (κ1) is 16.9. The molecule has 0 saturated carbocycles. The van der Waals surface area contributed by atoms with Crippen LogP contribution < -0.4 is 0 Å². The fraction of sp³-hybridized carbons (Fsp3) is 0.438. The fourth-order valence-electron chi connectivity index (χ4n) is 2.36. The van der Waals surface area contributed by atoms with E-state index in [1.54, 1.807) is 26.0 Å². The van der Waals surface area contributed by atoms with Crippen molar-refractivity contribution in [3.05, 3.63) is 47.2 Å². The monoisotopic (exact) mass is 324 g/mol. The Balaban J connectivity index is 2.24. The Morgan fingerprint density at radius 1 is 1.09 bits per heavy atom. The Hall–Kier alpha value is -1.42. The molecule has 0 radical (unpaired) electrons. The van der Waals surface area contributed by atoms with Crippen molar-refractivity contribution >= 4 is 13.6 Å². The molecule has 0 spiro atoms. The molecule has 0 aliphatic heterocycles. The van der Waals surface area contributed by atoms with E-state index in [-0.39, 0.29) is 19.0 Å². The predicted molar refractivity (Wildman–Crippen MR) is 83.6 cm³/mol. The second-order valence-corrected chi connectivity index (χ2v) is 6.42. The lowest BCUT2D eigenvalue weighted by Crippen LogP contribution is -2.06. The Labute approximate surface area is 130 Å². The van der Waals surface area contributed by atoms with Gasteiger partial charge in [-0.25, -0.2) is 4.57 Å². The third kappa shape index (κ3) is 4.07. The first-order chi connectivity index (χ1) is 10.6. The summed E-state index contributed by atoms with van der Waals surface area (Å²) in [6.45, 7) is 3.86. The summed E-state index contributed by atoms with van der Waals surface area (Å²) in [6.07, 6.45) is 1.97. The lowest BCUT2D eigenvalue weighted by atomic mass is 10.0. The van der Waals surface area contributed by atoms with Gasteiger partial charge in [-0.1, -0.05) is 30.3 Å². The van der Waals surface area contributed by atoms with Gasteiger partial charge >= 0.3 is 7.82 Å². The van der Waals surface area contributed by atoms with Gasteiger partial charge in [-0.2, -0.15) is 0 Å². The predicted octanol–water partition coefficient (Wildman–Crippen LogP) is 4.51. The first-order valence-corrected chi connectivity index (χ1v) is 8.96. The van der Waals surface area contributed by atoms with E-state index in [0.717, 1.165) is 6.42 Å². The SMILES string of the molecule is CCOP(=O)(OCC)OC1=C(C(=O)c2ccccc2)CCC1. The summed E-state index contributed by atoms with van der Waals surface area (Å²) in [5, 5.41) is 0. The molecule has 0 unspecified atom stereocenters. The van der Waals surface area contributed by atoms with Crippen molar-refractivity contribution in [3.8, 4) is 0 Å². The van der Waals surface area contributed by atoms with Crippen LogP contribution in [-0.2, 0) is 18.1 Å². The van der Waals surface area contributed by atoms with E-state index in [9.17, 15) is 9.36 Å². The van der Waals surface area contributed by atoms with E-state index in [4.69, 9.17) is 13.6 Å². The molecular weight excluding hydrogens is 303 g/mol. The zero-order valence-corrected chi connectivity index (χ0v) is 13.8. The molecule has 0 heterocycles. The van der Waals surface area contributed by atoms with Crippen molar-refractivity contribution in [2.45, 2.75) is 33.1 Å². The summed E-state index contributed by atoms with van der Waals surface area (Å²) in [4.78, 5) is 12.5. The number of ketones is 1. The van der Waals surface area contributed by atoms with Gasteiger partial charge in [0.25, 0.3) is 0 Å². The van der Waals surface area contributed by atoms with Crippen LogP contribution in [0.5, 0.6) is 0 Å². The van der Waals surface area contributed by atoms with Gasteiger partial charge in [0.2, 0.25) is 0 Å². The highest BCUT2D eigenvalue weighted by molar-refractivity contribution is 7.48. The van der Waals surface area contributed by atoms with Gasteiger partial charge in [0.15, 0.2) is 5.78 Å². The van der Waals surface area contributed by atoms with Crippen LogP contribution in [0.25, 0.3) is 0 Å². The van der Waals surface area contributed by atoms with Crippen LogP contribution in [0.15, 0.2) is 41.7 Å². The van der Waals surface area contributed by atoms with Crippen LogP contribution >= 0.6 is 7.82 Å². The molecule has 0 fully saturated rings. The normalized spacial score (nSPS) is 15.2. The van der Waals surface area contributed by atoms with Crippen LogP contribution in [0.4, 0.5) is 0 Å². The summed E-state index contributed by atoms with van der Waals surface area (Å²) < 4.78 is 28.2. The van der Waals surface area contributed by atoms with Gasteiger partial charge in [-0.15, -0.1) is 0 Å². The summed E-state index contributed by atoms with van der Waals surface area (Å²) in [5.41, 5.74) is 1.16. The maximum Gasteiger partial charge on any atom is 0.529 e. The Morgan fingerprint density at radius 3 is 2.32 bits per heavy atom. The quantitative estimate of drug-likeness (QED) is 0.520. The average Bonchev–Trinajstić information content (AvgIpc) is 2.95. The van der Waals surface area contributed by atoms with Crippen LogP contribution in [-0.4, -0.2) is 19.0 Å². The van der Waals surface area contributed by atoms with Gasteiger partial charge in [0, 0.05) is 17.6 Å². The minimum Gasteiger partial charge on any atom is -0.408 e. The molecule has 6 heteroatoms. The number of phosphoric ester groups is 1. The van der Waals surface area contributed by atoms with Gasteiger partial charge in [0.05, 0.1) is 13.2 Å². The van der Waals surface area contributed by atoms with Gasteiger partial charge in [-0.3, -0.25) is 13.8 Å². The summed E-state index contributed by atoms with van der Waals surface area (Å²) in [7, 11) is -3.65. The lowest BCUT2D eigenvalue weighted by Gasteiger charge is -2.18. The van der Waals surface area contributed by atoms with Crippen LogP contribution in [0, 0.1) is 0 Å². The fourth-order valence-corrected chi connectivity index (χ4v) is 3.65. The van der Waals surface area contributed by atoms with Crippen LogP contribution in [0.3, 0.4) is 0 Å². The molecule has 1 aliphatic carbocycles. The molecular formula is C16H21O5P. The van der Waals surface area contributed by atoms with Crippen molar-refractivity contribution in [1.29, 1.82) is 0 Å². The second kappa shape index (κ2) is 7.73. The number of allylic oxidation sites excluding steroid dienone is 2. The largest absolute Gasteiger partial charge is 0.529 e. The number of Topliss-reactive ketones (excluding diaryl/α,β-unsaturated/α-hetero) is 1. The minimum atomic E-state index is -3.65. The molecule has 2 rings (SSSR count). The van der Waals surface area contributed by atoms with E-state index in [1.165, 1.54) is 0 Å². The van der Waals surface area contributed by atoms with Crippen molar-refractivity contribution in [2.75, 3.05) is 13.2 Å². The highest BCUT2D eigenvalue weighted by atomic mass is 31.2. The highest BCUT2D eigenvalue weighted by Gasteiger charge is 2.33. The second-order valence-electron chi connectivity index (χ2n) is 4.82. The highest BCUT2D eigenvalue weighted by Crippen LogP contribution is 2.53. The van der Waals surface area contributed by atoms with Crippen LogP contribution in [0.1, 0.15) is 43.5 Å². The number of carbonyl (C=O) groups is 1. The van der Waals surface area contributed by atoms with E-state index in [1.807, 2.05) is 18.2 Å². The molecule has 0 amide bonds. The maximum absolute atomic E-state index is 12.5. The Kier molecular flexibility index (Phi) is 5.95. The third-order valence-corrected chi connectivity index (χ3v) is 4.87. The molecule has 1 aliphatic rings. The molecule has 120 valence electrons. The average molecular weight is 324 g/mol. The number of carbonyl (C=O) groups excluding carboxylic acids is 1. The van der Waals surface area contributed by atoms with Crippen molar-refractivity contribution in [2.24, 2.45) is 0 Å². The zero-order chi connectivity index (χ0) is 16.0. The molecule has 0 saturated heterocycles. The molecule has 1 aromatic carbocycles. The molecule has 0 atom stereocenters. The molecule has 0 bridgehead atoms. The Bertz CT molecular complexity index is 584. The molecule has 0 N–H and O–H groups in total. The van der Waals surface area contributed by atoms with Crippen LogP contribution in [0.2, 0.25) is 0 Å². The summed E-state index contributed by atoms with van der Waals surface area (Å²) in [5.74, 6) is 0.340. The number of hydrogen-bond donors (Lipinski definition) is 0. The zero-order valence-electron chi connectivity index (χ0n) is 12.9. The first-order valence-electron chi connectivity index (χ1n) is 7.50. The number of benzene rings is 1. The van der Waals surface area contributed by atoms with Crippen molar-refractivity contribution < 1.29 is 22.9 Å². The molecule has 1 aromatic rings. The van der Waals surface area contributed by atoms with E-state index < -0.39 is 7.82 Å². The van der Waals surface area contributed by atoms with Crippen molar-refractivity contribution in [3.63, 3.8) is 0 Å². The smallest absolute Gasteiger partial charge is 0.408 e. The van der Waals surface area contributed by atoms with E-state index in [0.29, 0.717) is 29.7 Å². The summed E-state index contributed by atoms with van der Waals surface area (Å²) >= 11 is 0. The molecule has 22 heavy (non-hydrogen) atoms. The number of phosphoric acid groups is 1. The molecule has 0 aromatic heterocycles. The van der Waals surface area contributed by atoms with Gasteiger partial charge < -0.3 is 4.52 Å². The number of rotatable bonds is 8. The standard InChI is InChI=1S/C16H21O5P/c1-3-19-22(18,20-4-2)21-15-12-8-11-14(15)16(17)13-9-6-5-7-10-13/h5-7,9-10H,3-4,8,11-12H2,1-2H3. The maximum atomic E-state index is 12.5. The van der Waals surface area contributed by atoms with Gasteiger partial charge in [0.1, 0.15) is 5.76 Å². The topological polar surface area (TPSA) is 61.8 Å². The van der Waals surface area contributed by atoms with Gasteiger partial charge in [-0.05, 0) is 26.7 Å².